The average Bonchev–Trinajstić information content (AvgIpc) is 2.68. The van der Waals surface area contributed by atoms with Crippen molar-refractivity contribution in [2.24, 2.45) is 0 Å². The van der Waals surface area contributed by atoms with Gasteiger partial charge in [0.15, 0.2) is 0 Å². The molecule has 0 bridgehead atoms. The van der Waals surface area contributed by atoms with Crippen molar-refractivity contribution in [3.63, 3.8) is 0 Å². The van der Waals surface area contributed by atoms with E-state index < -0.39 is 0 Å². The molecule has 0 unspecified atom stereocenters. The number of anilines is 2. The molecule has 2 aromatic carbocycles. The minimum Gasteiger partial charge on any atom is -0.350 e. The number of para-hydroxylation sites is 1. The van der Waals surface area contributed by atoms with E-state index in [0.717, 1.165) is 5.56 Å². The third-order valence-electron chi connectivity index (χ3n) is 3.91. The van der Waals surface area contributed by atoms with Crippen LogP contribution in [0.5, 0.6) is 0 Å². The summed E-state index contributed by atoms with van der Waals surface area (Å²) in [7, 11) is 0. The molecular weight excluding hydrogens is 326 g/mol. The minimum absolute atomic E-state index is 0.319. The van der Waals surface area contributed by atoms with Gasteiger partial charge in [-0.2, -0.15) is 5.26 Å². The number of rotatable bonds is 5. The van der Waals surface area contributed by atoms with Gasteiger partial charge in [-0.15, -0.1) is 0 Å². The van der Waals surface area contributed by atoms with Gasteiger partial charge < -0.3 is 10.6 Å². The lowest BCUT2D eigenvalue weighted by atomic mass is 10.1. The van der Waals surface area contributed by atoms with Crippen LogP contribution in [0.4, 0.5) is 11.6 Å². The Labute approximate surface area is 151 Å². The van der Waals surface area contributed by atoms with Crippen molar-refractivity contribution in [2.75, 3.05) is 10.6 Å². The zero-order valence-electron chi connectivity index (χ0n) is 14.2. The summed E-state index contributed by atoms with van der Waals surface area (Å²) in [4.78, 5) is 20.7. The second-order valence-corrected chi connectivity index (χ2v) is 5.69. The fraction of sp³-hybridized carbons (Fsp3) is 0.100. The standard InChI is InChI=1S/C20H17N5O/c1-14-6-2-3-8-16(14)11-22-20-23-12-17(13-24-20)19(26)25-18-9-5-4-7-15(18)10-21/h2-9,12-13H,11H2,1H3,(H,25,26)(H,22,23,24). The van der Waals surface area contributed by atoms with Crippen molar-refractivity contribution in [2.45, 2.75) is 13.5 Å². The Balaban J connectivity index is 1.65. The van der Waals surface area contributed by atoms with E-state index >= 15 is 0 Å². The zero-order valence-corrected chi connectivity index (χ0v) is 14.2. The van der Waals surface area contributed by atoms with Gasteiger partial charge in [0.25, 0.3) is 5.91 Å². The highest BCUT2D eigenvalue weighted by atomic mass is 16.1. The van der Waals surface area contributed by atoms with Crippen molar-refractivity contribution in [1.29, 1.82) is 5.26 Å². The first-order valence-corrected chi connectivity index (χ1v) is 8.08. The molecule has 1 aromatic heterocycles. The lowest BCUT2D eigenvalue weighted by molar-refractivity contribution is 0.102. The van der Waals surface area contributed by atoms with Crippen LogP contribution in [0.25, 0.3) is 0 Å². The maximum Gasteiger partial charge on any atom is 0.258 e. The minimum atomic E-state index is -0.363. The van der Waals surface area contributed by atoms with Gasteiger partial charge in [0.2, 0.25) is 5.95 Å². The molecule has 3 rings (SSSR count). The van der Waals surface area contributed by atoms with Gasteiger partial charge in [-0.25, -0.2) is 9.97 Å². The molecule has 0 atom stereocenters. The van der Waals surface area contributed by atoms with Gasteiger partial charge in [-0.1, -0.05) is 36.4 Å². The van der Waals surface area contributed by atoms with Crippen LogP contribution < -0.4 is 10.6 Å². The van der Waals surface area contributed by atoms with E-state index in [1.54, 1.807) is 24.3 Å². The SMILES string of the molecule is Cc1ccccc1CNc1ncc(C(=O)Nc2ccccc2C#N)cn1. The number of aromatic nitrogens is 2. The monoisotopic (exact) mass is 343 g/mol. The number of carbonyl (C=O) groups excluding carboxylic acids is 1. The topological polar surface area (TPSA) is 90.7 Å². The second-order valence-electron chi connectivity index (χ2n) is 5.69. The lowest BCUT2D eigenvalue weighted by Gasteiger charge is -2.09. The number of nitrogens with one attached hydrogen (secondary N) is 2. The molecule has 0 spiro atoms. The van der Waals surface area contributed by atoms with E-state index in [-0.39, 0.29) is 5.91 Å². The first-order valence-electron chi connectivity index (χ1n) is 8.08. The molecule has 0 radical (unpaired) electrons. The average molecular weight is 343 g/mol. The van der Waals surface area contributed by atoms with Crippen LogP contribution in [0.2, 0.25) is 0 Å². The Bertz CT molecular complexity index is 960. The largest absolute Gasteiger partial charge is 0.350 e. The summed E-state index contributed by atoms with van der Waals surface area (Å²) in [6.45, 7) is 2.65. The molecule has 0 fully saturated rings. The molecule has 0 aliphatic heterocycles. The van der Waals surface area contributed by atoms with E-state index in [9.17, 15) is 4.79 Å². The van der Waals surface area contributed by atoms with E-state index in [4.69, 9.17) is 5.26 Å². The predicted octanol–water partition coefficient (Wildman–Crippen LogP) is 3.52. The smallest absolute Gasteiger partial charge is 0.258 e. The fourth-order valence-electron chi connectivity index (χ4n) is 2.40. The molecule has 3 aromatic rings. The predicted molar refractivity (Wildman–Crippen MR) is 99.6 cm³/mol. The number of hydrogen-bond acceptors (Lipinski definition) is 5. The molecule has 1 amide bonds. The summed E-state index contributed by atoms with van der Waals surface area (Å²) in [5.74, 6) is 0.0837. The summed E-state index contributed by atoms with van der Waals surface area (Å²) in [6, 6.07) is 16.9. The molecule has 6 nitrogen and oxygen atoms in total. The molecule has 0 aliphatic carbocycles. The van der Waals surface area contributed by atoms with Crippen LogP contribution in [0.15, 0.2) is 60.9 Å². The summed E-state index contributed by atoms with van der Waals surface area (Å²) in [6.07, 6.45) is 2.91. The van der Waals surface area contributed by atoms with Crippen LogP contribution in [-0.4, -0.2) is 15.9 Å². The van der Waals surface area contributed by atoms with Crippen LogP contribution >= 0.6 is 0 Å². The van der Waals surface area contributed by atoms with Crippen LogP contribution in [0, 0.1) is 18.3 Å². The van der Waals surface area contributed by atoms with Crippen molar-refractivity contribution >= 4 is 17.5 Å². The molecule has 6 heteroatoms. The van der Waals surface area contributed by atoms with Crippen molar-refractivity contribution in [1.82, 2.24) is 9.97 Å². The number of amides is 1. The quantitative estimate of drug-likeness (QED) is 0.739. The van der Waals surface area contributed by atoms with Gasteiger partial charge >= 0.3 is 0 Å². The van der Waals surface area contributed by atoms with Gasteiger partial charge in [0.1, 0.15) is 6.07 Å². The number of hydrogen-bond donors (Lipinski definition) is 2. The third kappa shape index (κ3) is 4.02. The van der Waals surface area contributed by atoms with E-state index in [1.165, 1.54) is 18.0 Å². The highest BCUT2D eigenvalue weighted by molar-refractivity contribution is 6.04. The van der Waals surface area contributed by atoms with Gasteiger partial charge in [-0.3, -0.25) is 4.79 Å². The fourth-order valence-corrected chi connectivity index (χ4v) is 2.40. The molecule has 1 heterocycles. The molecule has 128 valence electrons. The number of nitrogens with zero attached hydrogens (tertiary/aromatic N) is 3. The molecule has 26 heavy (non-hydrogen) atoms. The Morgan fingerprint density at radius 2 is 1.77 bits per heavy atom. The highest BCUT2D eigenvalue weighted by Crippen LogP contribution is 2.15. The highest BCUT2D eigenvalue weighted by Gasteiger charge is 2.10. The third-order valence-corrected chi connectivity index (χ3v) is 3.91. The molecule has 0 saturated carbocycles. The van der Waals surface area contributed by atoms with Crippen LogP contribution in [-0.2, 0) is 6.54 Å². The number of nitriles is 1. The lowest BCUT2D eigenvalue weighted by Crippen LogP contribution is -2.14. The summed E-state index contributed by atoms with van der Waals surface area (Å²) in [5.41, 5.74) is 3.53. The van der Waals surface area contributed by atoms with Gasteiger partial charge in [0, 0.05) is 18.9 Å². The number of carbonyl (C=O) groups is 1. The number of aryl methyl sites for hydroxylation is 1. The molecular formula is C20H17N5O. The Morgan fingerprint density at radius 3 is 2.50 bits per heavy atom. The summed E-state index contributed by atoms with van der Waals surface area (Å²) in [5, 5.41) is 14.9. The Kier molecular flexibility index (Phi) is 5.20. The molecule has 0 aliphatic rings. The summed E-state index contributed by atoms with van der Waals surface area (Å²) < 4.78 is 0. The van der Waals surface area contributed by atoms with Gasteiger partial charge in [0.05, 0.1) is 16.8 Å². The van der Waals surface area contributed by atoms with E-state index in [2.05, 4.69) is 20.6 Å². The summed E-state index contributed by atoms with van der Waals surface area (Å²) >= 11 is 0. The Hall–Kier alpha value is -3.72. The maximum absolute atomic E-state index is 12.3. The first kappa shape index (κ1) is 17.1. The molecule has 2 N–H and O–H groups in total. The van der Waals surface area contributed by atoms with Crippen LogP contribution in [0.3, 0.4) is 0 Å². The number of benzene rings is 2. The van der Waals surface area contributed by atoms with E-state index in [1.807, 2.05) is 37.3 Å². The van der Waals surface area contributed by atoms with Crippen molar-refractivity contribution in [3.05, 3.63) is 83.2 Å². The first-order chi connectivity index (χ1) is 12.7. The van der Waals surface area contributed by atoms with Crippen LogP contribution in [0.1, 0.15) is 27.0 Å². The molecule has 0 saturated heterocycles. The maximum atomic E-state index is 12.3. The van der Waals surface area contributed by atoms with E-state index in [0.29, 0.717) is 29.3 Å². The second kappa shape index (κ2) is 7.90. The van der Waals surface area contributed by atoms with Gasteiger partial charge in [-0.05, 0) is 30.2 Å². The van der Waals surface area contributed by atoms with Crippen molar-refractivity contribution in [3.8, 4) is 6.07 Å². The Morgan fingerprint density at radius 1 is 1.08 bits per heavy atom. The van der Waals surface area contributed by atoms with Crippen molar-refractivity contribution < 1.29 is 4.79 Å². The normalized spacial score (nSPS) is 10.0. The zero-order chi connectivity index (χ0) is 18.4.